The monoisotopic (exact) mass is 1760 g/mol. The van der Waals surface area contributed by atoms with E-state index < -0.39 is 0 Å². The Morgan fingerprint density at radius 2 is 0.331 bits per heavy atom. The fourth-order valence-electron chi connectivity index (χ4n) is 18.4. The van der Waals surface area contributed by atoms with E-state index >= 15 is 0 Å². The molecule has 0 unspecified atom stereocenters. The molecule has 0 N–H and O–H groups in total. The summed E-state index contributed by atoms with van der Waals surface area (Å²) in [4.78, 5) is 105. The van der Waals surface area contributed by atoms with Crippen molar-refractivity contribution in [2.75, 3.05) is 0 Å². The molecule has 0 atom stereocenters. The van der Waals surface area contributed by atoms with Crippen molar-refractivity contribution in [3.63, 3.8) is 0 Å². The summed E-state index contributed by atoms with van der Waals surface area (Å²) in [6.45, 7) is 0. The molecular weight excluding hydrogens is 1700 g/mol. The van der Waals surface area contributed by atoms with Gasteiger partial charge in [0, 0.05) is 115 Å². The highest BCUT2D eigenvalue weighted by molar-refractivity contribution is 6.24. The summed E-state index contributed by atoms with van der Waals surface area (Å²) in [7, 11) is 0. The summed E-state index contributed by atoms with van der Waals surface area (Å²) in [5.74, 6) is 4.64. The molecule has 0 aliphatic carbocycles. The number of fused-ring (bicyclic) bond motifs is 20. The van der Waals surface area contributed by atoms with Gasteiger partial charge in [-0.25, -0.2) is 120 Å². The average Bonchev–Trinajstić information content (AvgIpc) is 1.57. The number of imidazole rings is 4. The molecule has 32 heteroatoms. The van der Waals surface area contributed by atoms with Crippen LogP contribution in [-0.2, 0) is 0 Å². The van der Waals surface area contributed by atoms with Gasteiger partial charge >= 0.3 is 0 Å². The van der Waals surface area contributed by atoms with Gasteiger partial charge < -0.3 is 18.3 Å². The molecule has 32 nitrogen and oxygen atoms in total. The van der Waals surface area contributed by atoms with Gasteiger partial charge in [0.2, 0.25) is 23.8 Å². The summed E-state index contributed by atoms with van der Waals surface area (Å²) in [6.07, 6.45) is 31.9. The maximum absolute atomic E-state index is 5.11. The summed E-state index contributed by atoms with van der Waals surface area (Å²) in [6, 6.07) is 91.9. The van der Waals surface area contributed by atoms with Crippen molar-refractivity contribution in [2.45, 2.75) is 0 Å². The second kappa shape index (κ2) is 33.3. The zero-order chi connectivity index (χ0) is 89.9. The van der Waals surface area contributed by atoms with Gasteiger partial charge in [-0.05, 0) is 121 Å². The van der Waals surface area contributed by atoms with Crippen LogP contribution in [0.2, 0.25) is 0 Å². The molecule has 0 radical (unpaired) electrons. The summed E-state index contributed by atoms with van der Waals surface area (Å²) in [5.41, 5.74) is 23.3. The van der Waals surface area contributed by atoms with Crippen LogP contribution in [0.25, 0.3) is 223 Å². The average molecular weight is 1760 g/mol. The molecule has 0 saturated heterocycles. The van der Waals surface area contributed by atoms with E-state index in [1.807, 2.05) is 42.5 Å². The van der Waals surface area contributed by atoms with Crippen LogP contribution in [0.5, 0.6) is 0 Å². The Morgan fingerprint density at radius 1 is 0.147 bits per heavy atom. The van der Waals surface area contributed by atoms with E-state index in [0.29, 0.717) is 47.1 Å². The zero-order valence-electron chi connectivity index (χ0n) is 71.3. The Morgan fingerprint density at radius 3 is 0.537 bits per heavy atom. The molecule has 0 fully saturated rings. The zero-order valence-corrected chi connectivity index (χ0v) is 71.3. The third-order valence-corrected chi connectivity index (χ3v) is 23.9. The molecule has 16 heterocycles. The molecule has 0 aliphatic rings. The summed E-state index contributed by atoms with van der Waals surface area (Å²) >= 11 is 0. The number of hydrogen-bond donors (Lipinski definition) is 0. The normalized spacial score (nSPS) is 11.5. The molecule has 0 spiro atoms. The summed E-state index contributed by atoms with van der Waals surface area (Å²) in [5, 5.41) is 8.80. The van der Waals surface area contributed by atoms with Gasteiger partial charge in [0.15, 0.2) is 23.3 Å². The number of rotatable bonds is 12. The minimum absolute atomic E-state index is 0.488. The third kappa shape index (κ3) is 13.2. The molecule has 28 aromatic rings. The van der Waals surface area contributed by atoms with Crippen LogP contribution in [0.4, 0.5) is 0 Å². The number of aromatic nitrogens is 32. The van der Waals surface area contributed by atoms with Crippen molar-refractivity contribution in [1.29, 1.82) is 0 Å². The van der Waals surface area contributed by atoms with Crippen LogP contribution in [0.1, 0.15) is 0 Å². The van der Waals surface area contributed by atoms with Gasteiger partial charge in [-0.15, -0.1) is 0 Å². The Kier molecular flexibility index (Phi) is 19.2. The number of benzene rings is 12. The van der Waals surface area contributed by atoms with E-state index in [9.17, 15) is 0 Å². The van der Waals surface area contributed by atoms with Crippen LogP contribution >= 0.6 is 0 Å². The van der Waals surface area contributed by atoms with Crippen LogP contribution < -0.4 is 0 Å². The van der Waals surface area contributed by atoms with Crippen LogP contribution in [0.3, 0.4) is 0 Å². The van der Waals surface area contributed by atoms with Gasteiger partial charge in [0.05, 0.1) is 111 Å². The fourth-order valence-corrected chi connectivity index (χ4v) is 18.4. The minimum atomic E-state index is 0.488. The van der Waals surface area contributed by atoms with Gasteiger partial charge in [0.25, 0.3) is 0 Å². The van der Waals surface area contributed by atoms with Crippen molar-refractivity contribution in [3.05, 3.63) is 392 Å². The molecule has 136 heavy (non-hydrogen) atoms. The maximum Gasteiger partial charge on any atom is 0.238 e. The third-order valence-electron chi connectivity index (χ3n) is 23.9. The lowest BCUT2D eigenvalue weighted by molar-refractivity contribution is 0.915. The van der Waals surface area contributed by atoms with E-state index in [4.69, 9.17) is 19.9 Å². The van der Waals surface area contributed by atoms with E-state index in [-0.39, 0.29) is 0 Å². The molecule has 12 aromatic carbocycles. The predicted molar refractivity (Wildman–Crippen MR) is 519 cm³/mol. The van der Waals surface area contributed by atoms with E-state index in [1.165, 1.54) is 75.9 Å². The molecule has 0 amide bonds. The van der Waals surface area contributed by atoms with Gasteiger partial charge in [-0.2, -0.15) is 0 Å². The topological polar surface area (TPSA) is 349 Å². The molecule has 0 aliphatic heterocycles. The lowest BCUT2D eigenvalue weighted by Crippen LogP contribution is -2.03. The van der Waals surface area contributed by atoms with E-state index in [1.54, 1.807) is 49.6 Å². The van der Waals surface area contributed by atoms with Crippen molar-refractivity contribution in [2.24, 2.45) is 0 Å². The number of nitrogens with zero attached hydrogens (tertiary/aromatic N) is 32. The first-order valence-electron chi connectivity index (χ1n) is 43.1. The molecular formula is C104H64N32. The molecule has 640 valence electrons. The first-order chi connectivity index (χ1) is 67.6. The van der Waals surface area contributed by atoms with Crippen molar-refractivity contribution in [3.8, 4) is 92.1 Å². The predicted octanol–water partition coefficient (Wildman–Crippen LogP) is 19.1. The molecule has 16 aromatic heterocycles. The van der Waals surface area contributed by atoms with Crippen molar-refractivity contribution < 1.29 is 0 Å². The molecule has 28 rings (SSSR count). The maximum atomic E-state index is 5.11. The fraction of sp³-hybridized carbons (Fsp3) is 0. The van der Waals surface area contributed by atoms with Gasteiger partial charge in [-0.3, -0.25) is 18.3 Å². The van der Waals surface area contributed by atoms with Gasteiger partial charge in [-0.1, -0.05) is 146 Å². The number of hydrogen-bond acceptors (Lipinski definition) is 24. The van der Waals surface area contributed by atoms with Gasteiger partial charge in [0.1, 0.15) is 75.9 Å². The highest BCUT2D eigenvalue weighted by atomic mass is 15.3. The van der Waals surface area contributed by atoms with Crippen molar-refractivity contribution in [1.82, 2.24) is 156 Å². The standard InChI is InChI=1S/4C26H16N8/c4*1-2-6-18(7-3-1)33-20-9-5-4-8-19(20)23-21(33)10-11-22-24(23)32-25(17-12-27-14-28-13-17)34(22)26-30-15-29-16-31-26/h4*1-16H. The Bertz CT molecular complexity index is 8240. The highest BCUT2D eigenvalue weighted by Gasteiger charge is 2.29. The highest BCUT2D eigenvalue weighted by Crippen LogP contribution is 2.45. The SMILES string of the molecule is c1ccc(-n2c3ccccc3c3c4nc(-c5cncnc5)n(-c5ncncn5)c4ccc32)cc1.c1ccc(-n2c3ccccc3c3c4nc(-c5cncnc5)n(-c5ncncn5)c4ccc32)cc1.c1ccc(-n2c3ccccc3c3c4nc(-c5cncnc5)n(-c5ncncn5)c4ccc32)cc1.c1ccc(-n2c3ccccc3c3c4nc(-c5cncnc5)n(-c5ncncn5)c4ccc32)cc1. The minimum Gasteiger partial charge on any atom is -0.309 e. The smallest absolute Gasteiger partial charge is 0.238 e. The largest absolute Gasteiger partial charge is 0.309 e. The molecule has 0 bridgehead atoms. The van der Waals surface area contributed by atoms with Crippen LogP contribution in [-0.4, -0.2) is 156 Å². The quantitative estimate of drug-likeness (QED) is 0.110. The number of para-hydroxylation sites is 8. The summed E-state index contributed by atoms with van der Waals surface area (Å²) < 4.78 is 16.8. The van der Waals surface area contributed by atoms with E-state index in [2.05, 4.69) is 361 Å². The lowest BCUT2D eigenvalue weighted by Gasteiger charge is -2.08. The molecule has 0 saturated carbocycles. The van der Waals surface area contributed by atoms with E-state index in [0.717, 1.165) is 176 Å². The Balaban J connectivity index is 0.0000000965. The second-order valence-corrected chi connectivity index (χ2v) is 31.4. The van der Waals surface area contributed by atoms with Crippen LogP contribution in [0, 0.1) is 0 Å². The van der Waals surface area contributed by atoms with Crippen LogP contribution in [0.15, 0.2) is 392 Å². The lowest BCUT2D eigenvalue weighted by atomic mass is 10.1. The first kappa shape index (κ1) is 78.3. The second-order valence-electron chi connectivity index (χ2n) is 31.4. The Hall–Kier alpha value is -19.9. The first-order valence-corrected chi connectivity index (χ1v) is 43.1. The Labute approximate surface area is 767 Å². The van der Waals surface area contributed by atoms with Crippen molar-refractivity contribution >= 4 is 131 Å².